The molecule has 1 aromatic heterocycles. The van der Waals surface area contributed by atoms with Crippen molar-refractivity contribution in [1.29, 1.82) is 0 Å². The van der Waals surface area contributed by atoms with E-state index in [9.17, 15) is 19.7 Å². The topological polar surface area (TPSA) is 105 Å². The molecule has 7 nitrogen and oxygen atoms in total. The molecule has 0 fully saturated rings. The van der Waals surface area contributed by atoms with Crippen LogP contribution in [0.4, 0.5) is 11.4 Å². The molecule has 8 heteroatoms. The number of ketones is 1. The van der Waals surface area contributed by atoms with Crippen molar-refractivity contribution in [1.82, 2.24) is 4.98 Å². The van der Waals surface area contributed by atoms with Crippen LogP contribution in [0.1, 0.15) is 27.9 Å². The minimum Gasteiger partial charge on any atom is -0.348 e. The molecule has 0 saturated heterocycles. The Morgan fingerprint density at radius 3 is 2.48 bits per heavy atom. The largest absolute Gasteiger partial charge is 0.348 e. The van der Waals surface area contributed by atoms with Gasteiger partial charge in [0.05, 0.1) is 10.6 Å². The fourth-order valence-corrected chi connectivity index (χ4v) is 1.85. The van der Waals surface area contributed by atoms with Gasteiger partial charge in [-0.2, -0.15) is 0 Å². The third kappa shape index (κ3) is 3.26. The lowest BCUT2D eigenvalue weighted by Gasteiger charge is -2.04. The van der Waals surface area contributed by atoms with Crippen LogP contribution in [-0.4, -0.2) is 21.6 Å². The molecule has 2 aromatic rings. The highest BCUT2D eigenvalue weighted by molar-refractivity contribution is 6.32. The van der Waals surface area contributed by atoms with Crippen LogP contribution >= 0.6 is 11.6 Å². The Bertz CT molecular complexity index is 739. The number of hydrogen-bond acceptors (Lipinski definition) is 4. The normalized spacial score (nSPS) is 10.2. The summed E-state index contributed by atoms with van der Waals surface area (Å²) in [7, 11) is 0. The number of anilines is 1. The van der Waals surface area contributed by atoms with Gasteiger partial charge in [0.25, 0.3) is 11.6 Å². The van der Waals surface area contributed by atoms with Crippen LogP contribution in [-0.2, 0) is 0 Å². The highest BCUT2D eigenvalue weighted by Crippen LogP contribution is 2.27. The summed E-state index contributed by atoms with van der Waals surface area (Å²) in [6.07, 6.45) is 0. The Labute approximate surface area is 124 Å². The second kappa shape index (κ2) is 5.76. The van der Waals surface area contributed by atoms with Gasteiger partial charge < -0.3 is 10.3 Å². The molecule has 108 valence electrons. The molecule has 0 radical (unpaired) electrons. The van der Waals surface area contributed by atoms with Crippen molar-refractivity contribution in [2.45, 2.75) is 6.92 Å². The number of benzene rings is 1. The Morgan fingerprint density at radius 1 is 1.24 bits per heavy atom. The fourth-order valence-electron chi connectivity index (χ4n) is 1.66. The predicted molar refractivity (Wildman–Crippen MR) is 76.9 cm³/mol. The summed E-state index contributed by atoms with van der Waals surface area (Å²) in [4.78, 5) is 35.9. The van der Waals surface area contributed by atoms with Gasteiger partial charge in [0.2, 0.25) is 0 Å². The summed E-state index contributed by atoms with van der Waals surface area (Å²) in [5.74, 6) is -0.713. The van der Waals surface area contributed by atoms with Crippen LogP contribution in [0.15, 0.2) is 30.3 Å². The number of aromatic nitrogens is 1. The van der Waals surface area contributed by atoms with E-state index < -0.39 is 10.8 Å². The maximum absolute atomic E-state index is 12.0. The molecular weight excluding hydrogens is 298 g/mol. The minimum absolute atomic E-state index is 0.0169. The number of nitrogens with zero attached hydrogens (tertiary/aromatic N) is 1. The maximum Gasteiger partial charge on any atom is 0.289 e. The summed E-state index contributed by atoms with van der Waals surface area (Å²) in [5.41, 5.74) is 0.417. The van der Waals surface area contributed by atoms with Gasteiger partial charge in [-0.1, -0.05) is 11.6 Å². The number of rotatable bonds is 4. The standard InChI is InChI=1S/C13H10ClN3O4/c1-7(18)10-4-5-11(16-10)13(19)15-8-2-3-9(14)12(6-8)17(20)21/h2-6,16H,1H3,(H,15,19). The minimum atomic E-state index is -0.638. The first-order valence-corrected chi connectivity index (χ1v) is 6.21. The number of Topliss-reactive ketones (excluding diaryl/α,β-unsaturated/α-hetero) is 1. The van der Waals surface area contributed by atoms with Gasteiger partial charge in [0, 0.05) is 18.7 Å². The summed E-state index contributed by atoms with van der Waals surface area (Å²) in [6, 6.07) is 6.88. The molecule has 0 aliphatic carbocycles. The molecule has 21 heavy (non-hydrogen) atoms. The average molecular weight is 308 g/mol. The van der Waals surface area contributed by atoms with Gasteiger partial charge in [-0.25, -0.2) is 0 Å². The van der Waals surface area contributed by atoms with Crippen LogP contribution in [0.25, 0.3) is 0 Å². The van der Waals surface area contributed by atoms with Gasteiger partial charge >= 0.3 is 0 Å². The second-order valence-electron chi connectivity index (χ2n) is 4.22. The molecule has 1 aromatic carbocycles. The van der Waals surface area contributed by atoms with Crippen molar-refractivity contribution in [3.63, 3.8) is 0 Å². The summed E-state index contributed by atoms with van der Waals surface area (Å²) in [5, 5.41) is 13.2. The van der Waals surface area contributed by atoms with E-state index in [1.165, 1.54) is 31.2 Å². The molecule has 2 N–H and O–H groups in total. The molecule has 0 aliphatic heterocycles. The highest BCUT2D eigenvalue weighted by Gasteiger charge is 2.15. The molecule has 2 rings (SSSR count). The molecule has 0 spiro atoms. The first-order chi connectivity index (χ1) is 9.88. The van der Waals surface area contributed by atoms with E-state index in [0.29, 0.717) is 5.69 Å². The van der Waals surface area contributed by atoms with Crippen LogP contribution in [0.5, 0.6) is 0 Å². The maximum atomic E-state index is 12.0. The van der Waals surface area contributed by atoms with Gasteiger partial charge in [0.1, 0.15) is 10.7 Å². The zero-order chi connectivity index (χ0) is 15.6. The Morgan fingerprint density at radius 2 is 1.90 bits per heavy atom. The van der Waals surface area contributed by atoms with E-state index in [0.717, 1.165) is 6.07 Å². The Hall–Kier alpha value is -2.67. The SMILES string of the molecule is CC(=O)c1ccc(C(=O)Nc2ccc(Cl)c([N+](=O)[O-])c2)[nH]1. The first kappa shape index (κ1) is 14.7. The lowest BCUT2D eigenvalue weighted by Crippen LogP contribution is -2.12. The molecular formula is C13H10ClN3O4. The number of carbonyl (C=O) groups excluding carboxylic acids is 2. The number of carbonyl (C=O) groups is 2. The van der Waals surface area contributed by atoms with Crippen LogP contribution in [0.2, 0.25) is 5.02 Å². The monoisotopic (exact) mass is 307 g/mol. The summed E-state index contributed by atoms with van der Waals surface area (Å²) in [6.45, 7) is 1.37. The Kier molecular flexibility index (Phi) is 4.04. The van der Waals surface area contributed by atoms with Crippen molar-refractivity contribution in [3.8, 4) is 0 Å². The van der Waals surface area contributed by atoms with E-state index in [-0.39, 0.29) is 27.9 Å². The fraction of sp³-hybridized carbons (Fsp3) is 0.0769. The number of aromatic amines is 1. The summed E-state index contributed by atoms with van der Waals surface area (Å²) < 4.78 is 0. The molecule has 0 unspecified atom stereocenters. The second-order valence-corrected chi connectivity index (χ2v) is 4.63. The lowest BCUT2D eigenvalue weighted by atomic mass is 10.2. The third-order valence-electron chi connectivity index (χ3n) is 2.71. The summed E-state index contributed by atoms with van der Waals surface area (Å²) >= 11 is 5.68. The number of H-pyrrole nitrogens is 1. The smallest absolute Gasteiger partial charge is 0.289 e. The first-order valence-electron chi connectivity index (χ1n) is 5.83. The third-order valence-corrected chi connectivity index (χ3v) is 3.03. The number of amides is 1. The van der Waals surface area contributed by atoms with Crippen LogP contribution in [0.3, 0.4) is 0 Å². The molecule has 1 heterocycles. The number of halogens is 1. The molecule has 0 atom stereocenters. The zero-order valence-electron chi connectivity index (χ0n) is 10.8. The van der Waals surface area contributed by atoms with Gasteiger partial charge in [-0.15, -0.1) is 0 Å². The van der Waals surface area contributed by atoms with Crippen molar-refractivity contribution in [2.24, 2.45) is 0 Å². The van der Waals surface area contributed by atoms with E-state index in [2.05, 4.69) is 10.3 Å². The zero-order valence-corrected chi connectivity index (χ0v) is 11.6. The van der Waals surface area contributed by atoms with Crippen molar-refractivity contribution in [2.75, 3.05) is 5.32 Å². The van der Waals surface area contributed by atoms with Gasteiger partial charge in [0.15, 0.2) is 5.78 Å². The highest BCUT2D eigenvalue weighted by atomic mass is 35.5. The number of nitro groups is 1. The number of nitro benzene ring substituents is 1. The molecule has 0 saturated carbocycles. The van der Waals surface area contributed by atoms with Crippen LogP contribution in [0, 0.1) is 10.1 Å². The van der Waals surface area contributed by atoms with E-state index in [1.807, 2.05) is 0 Å². The van der Waals surface area contributed by atoms with Gasteiger partial charge in [-0.05, 0) is 24.3 Å². The average Bonchev–Trinajstić information content (AvgIpc) is 2.90. The molecule has 0 bridgehead atoms. The molecule has 1 amide bonds. The van der Waals surface area contributed by atoms with Crippen molar-refractivity contribution in [3.05, 3.63) is 56.9 Å². The Balaban J connectivity index is 2.21. The number of hydrogen-bond donors (Lipinski definition) is 2. The van der Waals surface area contributed by atoms with Crippen molar-refractivity contribution >= 4 is 34.7 Å². The quantitative estimate of drug-likeness (QED) is 0.514. The lowest BCUT2D eigenvalue weighted by molar-refractivity contribution is -0.384. The van der Waals surface area contributed by atoms with E-state index in [1.54, 1.807) is 0 Å². The van der Waals surface area contributed by atoms with Gasteiger partial charge in [-0.3, -0.25) is 19.7 Å². The van der Waals surface area contributed by atoms with E-state index >= 15 is 0 Å². The van der Waals surface area contributed by atoms with Crippen LogP contribution < -0.4 is 5.32 Å². The van der Waals surface area contributed by atoms with E-state index in [4.69, 9.17) is 11.6 Å². The van der Waals surface area contributed by atoms with Crippen molar-refractivity contribution < 1.29 is 14.5 Å². The predicted octanol–water partition coefficient (Wildman–Crippen LogP) is 3.03. The number of nitrogens with one attached hydrogen (secondary N) is 2. The molecule has 0 aliphatic rings.